The van der Waals surface area contributed by atoms with Gasteiger partial charge >= 0.3 is 0 Å². The smallest absolute Gasteiger partial charge is 0.294 e. The number of rotatable bonds is 5. The standard InChI is InChI=1S/C20H20N2O5S2/c1-2-22-15-5-3-4-6-16(15)28-17(22)11-14-19(23)18(20(14)24)21-12-7-9-13(10-8-12)29(25,26)27/h3-11,14,19,21,23-24H,2H2,1H3,(H,25,26,27)/b17-11-. The number of thioether (sulfide) groups is 1. The van der Waals surface area contributed by atoms with Crippen LogP contribution in [-0.2, 0) is 10.1 Å². The minimum absolute atomic E-state index is 0.0384. The lowest BCUT2D eigenvalue weighted by atomic mass is 9.84. The van der Waals surface area contributed by atoms with E-state index in [9.17, 15) is 18.6 Å². The summed E-state index contributed by atoms with van der Waals surface area (Å²) >= 11 is 1.60. The molecule has 2 aliphatic rings. The molecule has 0 saturated carbocycles. The molecule has 9 heteroatoms. The lowest BCUT2D eigenvalue weighted by Crippen LogP contribution is -2.39. The van der Waals surface area contributed by atoms with Crippen molar-refractivity contribution in [2.45, 2.75) is 22.8 Å². The molecule has 7 nitrogen and oxygen atoms in total. The molecule has 1 aliphatic carbocycles. The van der Waals surface area contributed by atoms with Crippen molar-refractivity contribution in [3.8, 4) is 0 Å². The van der Waals surface area contributed by atoms with E-state index in [0.29, 0.717) is 5.69 Å². The van der Waals surface area contributed by atoms with Gasteiger partial charge in [-0.25, -0.2) is 0 Å². The van der Waals surface area contributed by atoms with Crippen LogP contribution in [0.5, 0.6) is 0 Å². The SMILES string of the molecule is CCN1/C(=C/C2C(O)=C(Nc3ccc(S(=O)(=O)O)cc3)C2O)Sc2ccccc21. The Hall–Kier alpha value is -2.46. The fourth-order valence-electron chi connectivity index (χ4n) is 3.39. The summed E-state index contributed by atoms with van der Waals surface area (Å²) in [5.74, 6) is -0.489. The van der Waals surface area contributed by atoms with Crippen LogP contribution in [0.25, 0.3) is 0 Å². The first-order valence-electron chi connectivity index (χ1n) is 9.01. The van der Waals surface area contributed by atoms with Gasteiger partial charge in [0.15, 0.2) is 0 Å². The molecule has 2 aromatic carbocycles. The second-order valence-electron chi connectivity index (χ2n) is 6.71. The lowest BCUT2D eigenvalue weighted by molar-refractivity contribution is 0.110. The summed E-state index contributed by atoms with van der Waals surface area (Å²) in [5.41, 5.74) is 1.87. The molecule has 1 heterocycles. The highest BCUT2D eigenvalue weighted by atomic mass is 32.2. The van der Waals surface area contributed by atoms with E-state index >= 15 is 0 Å². The van der Waals surface area contributed by atoms with Gasteiger partial charge in [-0.05, 0) is 49.4 Å². The third-order valence-electron chi connectivity index (χ3n) is 4.93. The zero-order valence-corrected chi connectivity index (χ0v) is 17.1. The fraction of sp³-hybridized carbons (Fsp3) is 0.200. The molecule has 29 heavy (non-hydrogen) atoms. The van der Waals surface area contributed by atoms with Crippen molar-refractivity contribution in [3.05, 3.63) is 71.1 Å². The van der Waals surface area contributed by atoms with Crippen molar-refractivity contribution in [1.82, 2.24) is 0 Å². The summed E-state index contributed by atoms with van der Waals surface area (Å²) in [7, 11) is -4.27. The second kappa shape index (κ2) is 7.42. The van der Waals surface area contributed by atoms with Gasteiger partial charge in [-0.2, -0.15) is 8.42 Å². The molecule has 0 aromatic heterocycles. The first-order valence-corrected chi connectivity index (χ1v) is 11.3. The summed E-state index contributed by atoms with van der Waals surface area (Å²) in [6, 6.07) is 13.4. The van der Waals surface area contributed by atoms with Crippen LogP contribution in [0.1, 0.15) is 6.92 Å². The Kier molecular flexibility index (Phi) is 5.07. The van der Waals surface area contributed by atoms with Gasteiger partial charge in [0.25, 0.3) is 10.1 Å². The number of anilines is 2. The quantitative estimate of drug-likeness (QED) is 0.531. The van der Waals surface area contributed by atoms with Crippen molar-refractivity contribution < 1.29 is 23.2 Å². The van der Waals surface area contributed by atoms with Crippen molar-refractivity contribution in [2.24, 2.45) is 5.92 Å². The molecule has 4 rings (SSSR count). The highest BCUT2D eigenvalue weighted by molar-refractivity contribution is 8.03. The predicted molar refractivity (Wildman–Crippen MR) is 112 cm³/mol. The molecule has 2 atom stereocenters. The van der Waals surface area contributed by atoms with Gasteiger partial charge < -0.3 is 20.4 Å². The normalized spacial score (nSPS) is 22.6. The molecule has 0 bridgehead atoms. The third-order valence-corrected chi connectivity index (χ3v) is 6.93. The van der Waals surface area contributed by atoms with Gasteiger partial charge in [0.2, 0.25) is 0 Å². The maximum absolute atomic E-state index is 11.1. The van der Waals surface area contributed by atoms with E-state index in [0.717, 1.165) is 22.2 Å². The summed E-state index contributed by atoms with van der Waals surface area (Å²) in [6.07, 6.45) is 0.951. The van der Waals surface area contributed by atoms with E-state index < -0.39 is 22.1 Å². The summed E-state index contributed by atoms with van der Waals surface area (Å²) in [4.78, 5) is 3.05. The Morgan fingerprint density at radius 1 is 1.17 bits per heavy atom. The number of fused-ring (bicyclic) bond motifs is 1. The number of hydrogen-bond donors (Lipinski definition) is 4. The third kappa shape index (κ3) is 3.62. The Morgan fingerprint density at radius 2 is 1.86 bits per heavy atom. The molecule has 152 valence electrons. The molecular weight excluding hydrogens is 412 g/mol. The van der Waals surface area contributed by atoms with Crippen molar-refractivity contribution in [3.63, 3.8) is 0 Å². The monoisotopic (exact) mass is 432 g/mol. The van der Waals surface area contributed by atoms with Gasteiger partial charge in [0, 0.05) is 17.1 Å². The number of nitrogens with zero attached hydrogens (tertiary/aromatic N) is 1. The molecule has 2 unspecified atom stereocenters. The largest absolute Gasteiger partial charge is 0.510 e. The summed E-state index contributed by atoms with van der Waals surface area (Å²) in [6.45, 7) is 2.82. The maximum Gasteiger partial charge on any atom is 0.294 e. The van der Waals surface area contributed by atoms with Crippen LogP contribution >= 0.6 is 11.8 Å². The second-order valence-corrected chi connectivity index (χ2v) is 9.20. The highest BCUT2D eigenvalue weighted by Crippen LogP contribution is 2.47. The summed E-state index contributed by atoms with van der Waals surface area (Å²) < 4.78 is 31.3. The zero-order chi connectivity index (χ0) is 20.8. The van der Waals surface area contributed by atoms with E-state index in [-0.39, 0.29) is 16.4 Å². The lowest BCUT2D eigenvalue weighted by Gasteiger charge is -2.34. The molecule has 0 spiro atoms. The number of hydrogen-bond acceptors (Lipinski definition) is 7. The number of aliphatic hydroxyl groups is 2. The first kappa shape index (κ1) is 19.8. The highest BCUT2D eigenvalue weighted by Gasteiger charge is 2.40. The Morgan fingerprint density at radius 3 is 2.48 bits per heavy atom. The van der Waals surface area contributed by atoms with Crippen LogP contribution in [0.4, 0.5) is 11.4 Å². The number of aliphatic hydroxyl groups excluding tert-OH is 2. The van der Waals surface area contributed by atoms with Crippen molar-refractivity contribution >= 4 is 33.3 Å². The van der Waals surface area contributed by atoms with E-state index in [4.69, 9.17) is 4.55 Å². The van der Waals surface area contributed by atoms with Crippen LogP contribution in [0.3, 0.4) is 0 Å². The topological polar surface area (TPSA) is 110 Å². The van der Waals surface area contributed by atoms with Gasteiger partial charge in [-0.15, -0.1) is 0 Å². The number of benzene rings is 2. The molecule has 0 saturated heterocycles. The molecule has 1 aliphatic heterocycles. The van der Waals surface area contributed by atoms with Crippen LogP contribution in [0, 0.1) is 5.92 Å². The predicted octanol–water partition coefficient (Wildman–Crippen LogP) is 3.58. The van der Waals surface area contributed by atoms with Gasteiger partial charge in [0.05, 0.1) is 27.2 Å². The van der Waals surface area contributed by atoms with E-state index in [1.54, 1.807) is 11.8 Å². The van der Waals surface area contributed by atoms with Crippen molar-refractivity contribution in [1.29, 1.82) is 0 Å². The van der Waals surface area contributed by atoms with Gasteiger partial charge in [-0.1, -0.05) is 23.9 Å². The van der Waals surface area contributed by atoms with Crippen LogP contribution in [0.15, 0.2) is 80.9 Å². The Labute approximate surface area is 173 Å². The molecular formula is C20H20N2O5S2. The molecule has 2 aromatic rings. The van der Waals surface area contributed by atoms with Crippen LogP contribution < -0.4 is 10.2 Å². The van der Waals surface area contributed by atoms with Gasteiger partial charge in [-0.3, -0.25) is 4.55 Å². The van der Waals surface area contributed by atoms with E-state index in [1.807, 2.05) is 37.3 Å². The Balaban J connectivity index is 1.53. The first-order chi connectivity index (χ1) is 13.8. The molecule has 0 radical (unpaired) electrons. The van der Waals surface area contributed by atoms with E-state index in [2.05, 4.69) is 10.2 Å². The average Bonchev–Trinajstić information content (AvgIpc) is 3.07. The molecule has 4 N–H and O–H groups in total. The van der Waals surface area contributed by atoms with Crippen LogP contribution in [-0.4, -0.2) is 35.8 Å². The maximum atomic E-state index is 11.1. The molecule has 0 amide bonds. The Bertz CT molecular complexity index is 1110. The number of para-hydroxylation sites is 1. The van der Waals surface area contributed by atoms with Crippen LogP contribution in [0.2, 0.25) is 0 Å². The zero-order valence-electron chi connectivity index (χ0n) is 15.5. The van der Waals surface area contributed by atoms with Crippen molar-refractivity contribution in [2.75, 3.05) is 16.8 Å². The minimum Gasteiger partial charge on any atom is -0.510 e. The molecule has 0 fully saturated rings. The fourth-order valence-corrected chi connectivity index (χ4v) is 5.08. The minimum atomic E-state index is -4.27. The van der Waals surface area contributed by atoms with E-state index in [1.165, 1.54) is 24.3 Å². The average molecular weight is 433 g/mol. The number of nitrogens with one attached hydrogen (secondary N) is 1. The van der Waals surface area contributed by atoms with Gasteiger partial charge in [0.1, 0.15) is 11.9 Å². The summed E-state index contributed by atoms with van der Waals surface area (Å²) in [5, 5.41) is 24.9.